The van der Waals surface area contributed by atoms with Crippen LogP contribution in [0.1, 0.15) is 5.56 Å². The Kier molecular flexibility index (Phi) is 5.15. The summed E-state index contributed by atoms with van der Waals surface area (Å²) in [5.41, 5.74) is 0.705. The number of hydrogen-bond donors (Lipinski definition) is 0. The molecule has 0 amide bonds. The molecule has 0 atom stereocenters. The van der Waals surface area contributed by atoms with E-state index in [1.165, 1.54) is 0 Å². The van der Waals surface area contributed by atoms with E-state index in [2.05, 4.69) is 0 Å². The third-order valence-electron chi connectivity index (χ3n) is 2.54. The molecule has 0 saturated carbocycles. The van der Waals surface area contributed by atoms with Crippen LogP contribution in [0.3, 0.4) is 0 Å². The van der Waals surface area contributed by atoms with E-state index >= 15 is 0 Å². The van der Waals surface area contributed by atoms with E-state index < -0.39 is 10.1 Å². The lowest BCUT2D eigenvalue weighted by molar-refractivity contribution is 0.221. The maximum Gasteiger partial charge on any atom is 0.271 e. The first-order chi connectivity index (χ1) is 9.66. The van der Waals surface area contributed by atoms with Crippen molar-refractivity contribution in [2.75, 3.05) is 13.2 Å². The highest BCUT2D eigenvalue weighted by Gasteiger charge is 2.12. The van der Waals surface area contributed by atoms with Crippen LogP contribution in [0.15, 0.2) is 60.7 Å². The molecule has 106 valence electrons. The summed E-state index contributed by atoms with van der Waals surface area (Å²) < 4.78 is 33.7. The van der Waals surface area contributed by atoms with Gasteiger partial charge >= 0.3 is 0 Å². The Labute approximate surface area is 119 Å². The molecule has 0 N–H and O–H groups in total. The second-order valence-corrected chi connectivity index (χ2v) is 5.81. The monoisotopic (exact) mass is 292 g/mol. The van der Waals surface area contributed by atoms with Crippen LogP contribution in [0.2, 0.25) is 0 Å². The molecule has 0 aliphatic carbocycles. The van der Waals surface area contributed by atoms with Gasteiger partial charge in [0.1, 0.15) is 24.7 Å². The Morgan fingerprint density at radius 2 is 1.40 bits per heavy atom. The minimum Gasteiger partial charge on any atom is -0.491 e. The van der Waals surface area contributed by atoms with Crippen LogP contribution in [0.4, 0.5) is 0 Å². The summed E-state index contributed by atoms with van der Waals surface area (Å²) in [5, 5.41) is 0. The molecule has 0 unspecified atom stereocenters. The zero-order valence-electron chi connectivity index (χ0n) is 10.9. The van der Waals surface area contributed by atoms with Crippen LogP contribution in [-0.2, 0) is 20.1 Å². The number of benzene rings is 2. The molecular formula is C15H16O4S. The summed E-state index contributed by atoms with van der Waals surface area (Å²) in [5.74, 6) is 0.565. The van der Waals surface area contributed by atoms with Crippen molar-refractivity contribution in [3.05, 3.63) is 66.2 Å². The van der Waals surface area contributed by atoms with Crippen molar-refractivity contribution in [1.29, 1.82) is 0 Å². The van der Waals surface area contributed by atoms with Crippen molar-refractivity contribution in [3.8, 4) is 5.75 Å². The van der Waals surface area contributed by atoms with Crippen LogP contribution < -0.4 is 4.74 Å². The summed E-state index contributed by atoms with van der Waals surface area (Å²) in [7, 11) is -3.57. The minimum absolute atomic E-state index is 0.00403. The van der Waals surface area contributed by atoms with Crippen LogP contribution in [0, 0.1) is 0 Å². The third-order valence-corrected chi connectivity index (χ3v) is 3.76. The molecule has 0 fully saturated rings. The Morgan fingerprint density at radius 3 is 2.05 bits per heavy atom. The average molecular weight is 292 g/mol. The smallest absolute Gasteiger partial charge is 0.271 e. The number of hydrogen-bond acceptors (Lipinski definition) is 4. The molecule has 20 heavy (non-hydrogen) atoms. The van der Waals surface area contributed by atoms with Gasteiger partial charge in [0.25, 0.3) is 10.1 Å². The summed E-state index contributed by atoms with van der Waals surface area (Å²) in [6, 6.07) is 18.1. The van der Waals surface area contributed by atoms with Gasteiger partial charge in [-0.25, -0.2) is 0 Å². The normalized spacial score (nSPS) is 11.2. The molecule has 0 aliphatic rings. The predicted molar refractivity (Wildman–Crippen MR) is 77.0 cm³/mol. The summed E-state index contributed by atoms with van der Waals surface area (Å²) in [6.45, 7) is 0.197. The first-order valence-electron chi connectivity index (χ1n) is 6.25. The van der Waals surface area contributed by atoms with Gasteiger partial charge in [-0.05, 0) is 17.7 Å². The first-order valence-corrected chi connectivity index (χ1v) is 7.82. The quantitative estimate of drug-likeness (QED) is 0.581. The summed E-state index contributed by atoms with van der Waals surface area (Å²) in [4.78, 5) is 0. The fraction of sp³-hybridized carbons (Fsp3) is 0.200. The molecule has 0 radical (unpaired) electrons. The molecule has 5 heteroatoms. The lowest BCUT2D eigenvalue weighted by atomic mass is 10.2. The van der Waals surface area contributed by atoms with E-state index in [9.17, 15) is 8.42 Å². The molecule has 0 saturated heterocycles. The lowest BCUT2D eigenvalue weighted by Crippen LogP contribution is -2.14. The topological polar surface area (TPSA) is 52.6 Å². The van der Waals surface area contributed by atoms with Crippen LogP contribution >= 0.6 is 0 Å². The molecule has 4 nitrogen and oxygen atoms in total. The Hall–Kier alpha value is -1.85. The maximum atomic E-state index is 11.7. The Bertz CT molecular complexity index is 609. The SMILES string of the molecule is O=S(=O)(Cc1ccccc1)OCCOc1ccccc1. The molecule has 2 aromatic rings. The van der Waals surface area contributed by atoms with Crippen molar-refractivity contribution in [1.82, 2.24) is 0 Å². The first kappa shape index (κ1) is 14.6. The van der Waals surface area contributed by atoms with Gasteiger partial charge in [0.15, 0.2) is 0 Å². The number of rotatable bonds is 7. The van der Waals surface area contributed by atoms with Crippen LogP contribution in [0.5, 0.6) is 5.75 Å². The molecule has 0 aliphatic heterocycles. The van der Waals surface area contributed by atoms with Crippen LogP contribution in [0.25, 0.3) is 0 Å². The zero-order valence-corrected chi connectivity index (χ0v) is 11.8. The fourth-order valence-corrected chi connectivity index (χ4v) is 2.66. The molecule has 0 heterocycles. The molecule has 2 rings (SSSR count). The minimum atomic E-state index is -3.57. The molecule has 2 aromatic carbocycles. The van der Waals surface area contributed by atoms with Gasteiger partial charge < -0.3 is 4.74 Å². The van der Waals surface area contributed by atoms with E-state index in [0.717, 1.165) is 0 Å². The third kappa shape index (κ3) is 5.03. The van der Waals surface area contributed by atoms with Crippen molar-refractivity contribution in [2.24, 2.45) is 0 Å². The van der Waals surface area contributed by atoms with E-state index in [-0.39, 0.29) is 19.0 Å². The van der Waals surface area contributed by atoms with E-state index in [0.29, 0.717) is 11.3 Å². The molecule has 0 aromatic heterocycles. The fourth-order valence-electron chi connectivity index (χ4n) is 1.66. The summed E-state index contributed by atoms with van der Waals surface area (Å²) >= 11 is 0. The van der Waals surface area contributed by atoms with Crippen molar-refractivity contribution >= 4 is 10.1 Å². The number of para-hydroxylation sites is 1. The Morgan fingerprint density at radius 1 is 0.800 bits per heavy atom. The second-order valence-electron chi connectivity index (χ2n) is 4.17. The van der Waals surface area contributed by atoms with Gasteiger partial charge in [-0.15, -0.1) is 0 Å². The van der Waals surface area contributed by atoms with E-state index in [4.69, 9.17) is 8.92 Å². The summed E-state index contributed by atoms with van der Waals surface area (Å²) in [6.07, 6.45) is 0. The van der Waals surface area contributed by atoms with Crippen molar-refractivity contribution in [3.63, 3.8) is 0 Å². The second kappa shape index (κ2) is 7.07. The van der Waals surface area contributed by atoms with E-state index in [1.807, 2.05) is 24.3 Å². The van der Waals surface area contributed by atoms with Crippen molar-refractivity contribution < 1.29 is 17.3 Å². The van der Waals surface area contributed by atoms with Gasteiger partial charge in [0.2, 0.25) is 0 Å². The number of ether oxygens (including phenoxy) is 1. The standard InChI is InChI=1S/C15H16O4S/c16-20(17,13-14-7-3-1-4-8-14)19-12-11-18-15-9-5-2-6-10-15/h1-10H,11-13H2. The highest BCUT2D eigenvalue weighted by molar-refractivity contribution is 7.85. The predicted octanol–water partition coefficient (Wildman–Crippen LogP) is 2.61. The highest BCUT2D eigenvalue weighted by Crippen LogP contribution is 2.09. The average Bonchev–Trinajstić information content (AvgIpc) is 2.45. The van der Waals surface area contributed by atoms with Crippen molar-refractivity contribution in [2.45, 2.75) is 5.75 Å². The largest absolute Gasteiger partial charge is 0.491 e. The van der Waals surface area contributed by atoms with Gasteiger partial charge in [-0.3, -0.25) is 4.18 Å². The molecule has 0 spiro atoms. The van der Waals surface area contributed by atoms with Gasteiger partial charge in [-0.1, -0.05) is 48.5 Å². The lowest BCUT2D eigenvalue weighted by Gasteiger charge is -2.07. The zero-order chi connectivity index (χ0) is 14.3. The molecular weight excluding hydrogens is 276 g/mol. The van der Waals surface area contributed by atoms with E-state index in [1.54, 1.807) is 36.4 Å². The Balaban J connectivity index is 1.76. The van der Waals surface area contributed by atoms with Gasteiger partial charge in [0.05, 0.1) is 0 Å². The molecule has 0 bridgehead atoms. The van der Waals surface area contributed by atoms with Crippen LogP contribution in [-0.4, -0.2) is 21.6 Å². The van der Waals surface area contributed by atoms with Gasteiger partial charge in [-0.2, -0.15) is 8.42 Å². The van der Waals surface area contributed by atoms with Gasteiger partial charge in [0, 0.05) is 0 Å². The maximum absolute atomic E-state index is 11.7. The highest BCUT2D eigenvalue weighted by atomic mass is 32.2.